The highest BCUT2D eigenvalue weighted by molar-refractivity contribution is 5.67. The van der Waals surface area contributed by atoms with E-state index in [4.69, 9.17) is 14.7 Å². The minimum atomic E-state index is -0.272. The lowest BCUT2D eigenvalue weighted by Crippen LogP contribution is -2.45. The second-order valence-electron chi connectivity index (χ2n) is 12.1. The number of nitrogens with one attached hydrogen (secondary N) is 2. The van der Waals surface area contributed by atoms with E-state index in [9.17, 15) is 4.79 Å². The summed E-state index contributed by atoms with van der Waals surface area (Å²) in [6.07, 6.45) is 10.0. The van der Waals surface area contributed by atoms with Gasteiger partial charge in [0.05, 0.1) is 5.69 Å². The number of H-pyrrole nitrogens is 1. The van der Waals surface area contributed by atoms with E-state index in [1.165, 1.54) is 36.9 Å². The summed E-state index contributed by atoms with van der Waals surface area (Å²) in [6.45, 7) is 1.84. The maximum absolute atomic E-state index is 12.7. The number of rotatable bonds is 8. The maximum atomic E-state index is 12.7. The van der Waals surface area contributed by atoms with Gasteiger partial charge in [0.15, 0.2) is 5.82 Å². The van der Waals surface area contributed by atoms with Crippen LogP contribution in [0.25, 0.3) is 0 Å². The molecular weight excluding hydrogens is 490 g/mol. The molecule has 9 heteroatoms. The molecule has 39 heavy (non-hydrogen) atoms. The molecule has 0 unspecified atom stereocenters. The summed E-state index contributed by atoms with van der Waals surface area (Å²) in [7, 11) is 1.84. The number of fused-ring (bicyclic) bond motifs is 2. The smallest absolute Gasteiger partial charge is 0.409 e. The molecule has 0 spiro atoms. The lowest BCUT2D eigenvalue weighted by atomic mass is 9.70. The third-order valence-corrected chi connectivity index (χ3v) is 9.19. The molecule has 9 nitrogen and oxygen atoms in total. The molecule has 2 bridgehead atoms. The van der Waals surface area contributed by atoms with E-state index in [1.807, 2.05) is 37.4 Å². The van der Waals surface area contributed by atoms with Crippen LogP contribution in [0, 0.1) is 5.41 Å². The van der Waals surface area contributed by atoms with Crippen molar-refractivity contribution in [3.8, 4) is 0 Å². The van der Waals surface area contributed by atoms with Crippen LogP contribution in [0.5, 0.6) is 0 Å². The molecule has 3 aliphatic carbocycles. The molecule has 3 aromatic rings. The van der Waals surface area contributed by atoms with Crippen molar-refractivity contribution in [3.05, 3.63) is 58.9 Å². The van der Waals surface area contributed by atoms with Crippen LogP contribution < -0.4 is 10.2 Å². The maximum Gasteiger partial charge on any atom is 0.409 e. The molecule has 0 radical (unpaired) electrons. The van der Waals surface area contributed by atoms with Gasteiger partial charge in [-0.2, -0.15) is 10.1 Å². The van der Waals surface area contributed by atoms with Crippen molar-refractivity contribution in [1.29, 1.82) is 0 Å². The molecule has 2 saturated heterocycles. The van der Waals surface area contributed by atoms with Crippen molar-refractivity contribution in [1.82, 2.24) is 25.1 Å². The molecule has 204 valence electrons. The monoisotopic (exact) mass is 527 g/mol. The molecule has 1 amide bonds. The Morgan fingerprint density at radius 1 is 1.15 bits per heavy atom. The van der Waals surface area contributed by atoms with Crippen LogP contribution in [0.2, 0.25) is 0 Å². The van der Waals surface area contributed by atoms with Crippen molar-refractivity contribution in [2.75, 3.05) is 30.4 Å². The average Bonchev–Trinajstić information content (AvgIpc) is 3.75. The lowest BCUT2D eigenvalue weighted by Gasteiger charge is -2.39. The molecule has 5 aliphatic rings. The normalized spacial score (nSPS) is 23.5. The Bertz CT molecular complexity index is 1340. The Balaban J connectivity index is 1.02. The minimum absolute atomic E-state index is 0.0690. The van der Waals surface area contributed by atoms with Gasteiger partial charge < -0.3 is 19.9 Å². The van der Waals surface area contributed by atoms with Gasteiger partial charge in [0, 0.05) is 54.8 Å². The van der Waals surface area contributed by atoms with Gasteiger partial charge >= 0.3 is 6.09 Å². The van der Waals surface area contributed by atoms with Crippen molar-refractivity contribution in [3.63, 3.8) is 0 Å². The van der Waals surface area contributed by atoms with Crippen molar-refractivity contribution >= 4 is 23.7 Å². The Kier molecular flexibility index (Phi) is 6.16. The number of aromatic amines is 1. The highest BCUT2D eigenvalue weighted by Gasteiger charge is 2.56. The third kappa shape index (κ3) is 4.72. The Morgan fingerprint density at radius 2 is 1.97 bits per heavy atom. The van der Waals surface area contributed by atoms with Crippen LogP contribution in [-0.2, 0) is 24.2 Å². The first-order valence-electron chi connectivity index (χ1n) is 14.5. The molecule has 4 fully saturated rings. The van der Waals surface area contributed by atoms with Crippen molar-refractivity contribution < 1.29 is 9.53 Å². The van der Waals surface area contributed by atoms with Gasteiger partial charge in [-0.3, -0.25) is 5.10 Å². The average molecular weight is 528 g/mol. The van der Waals surface area contributed by atoms with Crippen LogP contribution >= 0.6 is 0 Å². The van der Waals surface area contributed by atoms with E-state index in [1.54, 1.807) is 4.90 Å². The van der Waals surface area contributed by atoms with E-state index in [0.29, 0.717) is 25.1 Å². The fraction of sp³-hybridized carbons (Fsp3) is 0.533. The Hall–Kier alpha value is -3.62. The first kappa shape index (κ1) is 24.4. The summed E-state index contributed by atoms with van der Waals surface area (Å²) in [6, 6.07) is 12.4. The number of anilines is 3. The molecule has 0 atom stereocenters. The number of benzene rings is 1. The minimum Gasteiger partial charge on any atom is -0.445 e. The number of aryl methyl sites for hydroxylation is 1. The van der Waals surface area contributed by atoms with Gasteiger partial charge in [-0.05, 0) is 50.5 Å². The van der Waals surface area contributed by atoms with Crippen molar-refractivity contribution in [2.45, 2.75) is 76.4 Å². The highest BCUT2D eigenvalue weighted by atomic mass is 16.6. The van der Waals surface area contributed by atoms with Crippen LogP contribution in [0.4, 0.5) is 22.4 Å². The largest absolute Gasteiger partial charge is 0.445 e. The van der Waals surface area contributed by atoms with Gasteiger partial charge in [0.2, 0.25) is 5.95 Å². The zero-order valence-corrected chi connectivity index (χ0v) is 22.7. The number of hydrogen-bond donors (Lipinski definition) is 2. The predicted octanol–water partition coefficient (Wildman–Crippen LogP) is 5.33. The van der Waals surface area contributed by atoms with Gasteiger partial charge in [-0.1, -0.05) is 43.2 Å². The zero-order chi connectivity index (χ0) is 26.4. The molecule has 4 heterocycles. The molecule has 2 saturated carbocycles. The lowest BCUT2D eigenvalue weighted by molar-refractivity contribution is 0.0747. The van der Waals surface area contributed by atoms with E-state index >= 15 is 0 Å². The molecule has 1 aromatic carbocycles. The summed E-state index contributed by atoms with van der Waals surface area (Å²) in [5, 5.41) is 11.4. The fourth-order valence-electron chi connectivity index (χ4n) is 7.21. The number of carbonyl (C=O) groups excluding carboxylic acids is 1. The molecular formula is C30H37N7O2. The van der Waals surface area contributed by atoms with Crippen molar-refractivity contribution in [2.24, 2.45) is 5.41 Å². The molecule has 2 N–H and O–H groups in total. The van der Waals surface area contributed by atoms with Crippen LogP contribution in [0.1, 0.15) is 73.4 Å². The van der Waals surface area contributed by atoms with E-state index in [0.717, 1.165) is 67.5 Å². The first-order valence-corrected chi connectivity index (χ1v) is 14.5. The Morgan fingerprint density at radius 3 is 2.79 bits per heavy atom. The summed E-state index contributed by atoms with van der Waals surface area (Å²) in [5.41, 5.74) is 4.69. The number of ether oxygens (including phenoxy) is 1. The standard InChI is InChI=1S/C30H37N7O2/c1-36(29(38)39-17-20-8-3-2-4-9-20)18-30-15-22(16-30)37(19-30)28-31-24-13-7-12-23(24)27(33-28)32-26-14-25(34-35-26)21-10-5-6-11-21/h2-4,8-9,14,21-22H,5-7,10-13,15-19H2,1H3,(H2,31,32,33,34,35). The van der Waals surface area contributed by atoms with Crippen LogP contribution in [0.3, 0.4) is 0 Å². The van der Waals surface area contributed by atoms with Crippen LogP contribution in [-0.4, -0.2) is 57.3 Å². The summed E-state index contributed by atoms with van der Waals surface area (Å²) in [5.74, 6) is 3.15. The number of aromatic nitrogens is 4. The summed E-state index contributed by atoms with van der Waals surface area (Å²) in [4.78, 5) is 26.9. The second kappa shape index (κ2) is 9.84. The zero-order valence-electron chi connectivity index (χ0n) is 22.7. The number of hydrogen-bond acceptors (Lipinski definition) is 7. The first-order chi connectivity index (χ1) is 19.1. The van der Waals surface area contributed by atoms with Gasteiger partial charge in [-0.15, -0.1) is 0 Å². The number of nitrogens with zero attached hydrogens (tertiary/aromatic N) is 5. The predicted molar refractivity (Wildman–Crippen MR) is 149 cm³/mol. The number of carbonyl (C=O) groups is 1. The third-order valence-electron chi connectivity index (χ3n) is 9.19. The molecule has 2 aliphatic heterocycles. The highest BCUT2D eigenvalue weighted by Crippen LogP contribution is 2.53. The topological polar surface area (TPSA) is 99.3 Å². The van der Waals surface area contributed by atoms with E-state index in [2.05, 4.69) is 26.5 Å². The van der Waals surface area contributed by atoms with Gasteiger partial charge in [0.1, 0.15) is 12.4 Å². The van der Waals surface area contributed by atoms with E-state index < -0.39 is 0 Å². The molecule has 8 rings (SSSR count). The SMILES string of the molecule is CN(CC12CC(C1)N(c1nc3c(c(Nc4cc(C5CCCC5)[nH]n4)n1)CCC3)C2)C(=O)OCc1ccccc1. The molecule has 2 aromatic heterocycles. The summed E-state index contributed by atoms with van der Waals surface area (Å²) < 4.78 is 5.56. The van der Waals surface area contributed by atoms with E-state index in [-0.39, 0.29) is 11.5 Å². The number of amides is 1. The quantitative estimate of drug-likeness (QED) is 0.409. The Labute approximate surface area is 229 Å². The fourth-order valence-corrected chi connectivity index (χ4v) is 7.21. The van der Waals surface area contributed by atoms with Gasteiger partial charge in [-0.25, -0.2) is 9.78 Å². The second-order valence-corrected chi connectivity index (χ2v) is 12.1. The summed E-state index contributed by atoms with van der Waals surface area (Å²) >= 11 is 0. The van der Waals surface area contributed by atoms with Gasteiger partial charge in [0.25, 0.3) is 0 Å². The van der Waals surface area contributed by atoms with Crippen LogP contribution in [0.15, 0.2) is 36.4 Å².